The average molecular weight is 344 g/mol. The molecular formula is C20H16N4O2. The minimum atomic E-state index is -0.295. The summed E-state index contributed by atoms with van der Waals surface area (Å²) in [5.41, 5.74) is 1.96. The molecule has 0 unspecified atom stereocenters. The third-order valence-electron chi connectivity index (χ3n) is 3.47. The van der Waals surface area contributed by atoms with Gasteiger partial charge in [0.15, 0.2) is 6.61 Å². The van der Waals surface area contributed by atoms with Crippen molar-refractivity contribution in [2.24, 2.45) is 0 Å². The number of pyridine rings is 1. The number of amides is 1. The highest BCUT2D eigenvalue weighted by Crippen LogP contribution is 2.20. The van der Waals surface area contributed by atoms with Crippen molar-refractivity contribution in [3.05, 3.63) is 78.5 Å². The van der Waals surface area contributed by atoms with Gasteiger partial charge >= 0.3 is 0 Å². The highest BCUT2D eigenvalue weighted by molar-refractivity contribution is 5.91. The molecule has 0 aliphatic rings. The lowest BCUT2D eigenvalue weighted by Gasteiger charge is -2.09. The monoisotopic (exact) mass is 344 g/mol. The van der Waals surface area contributed by atoms with Crippen molar-refractivity contribution >= 4 is 23.1 Å². The zero-order valence-electron chi connectivity index (χ0n) is 13.8. The fraction of sp³-hybridized carbons (Fsp3) is 0.0500. The number of nitrogens with one attached hydrogen (secondary N) is 2. The molecule has 1 aromatic heterocycles. The van der Waals surface area contributed by atoms with Gasteiger partial charge in [-0.3, -0.25) is 4.79 Å². The topological polar surface area (TPSA) is 87.0 Å². The molecule has 0 fully saturated rings. The lowest BCUT2D eigenvalue weighted by molar-refractivity contribution is -0.118. The largest absolute Gasteiger partial charge is 0.484 e. The molecule has 2 aromatic carbocycles. The molecule has 0 atom stereocenters. The van der Waals surface area contributed by atoms with E-state index in [0.29, 0.717) is 28.5 Å². The van der Waals surface area contributed by atoms with Crippen LogP contribution in [-0.2, 0) is 4.79 Å². The minimum absolute atomic E-state index is 0.0960. The summed E-state index contributed by atoms with van der Waals surface area (Å²) in [5.74, 6) is 0.758. The van der Waals surface area contributed by atoms with Gasteiger partial charge in [0.1, 0.15) is 17.6 Å². The van der Waals surface area contributed by atoms with Crippen molar-refractivity contribution in [3.63, 3.8) is 0 Å². The number of nitriles is 1. The zero-order chi connectivity index (χ0) is 18.2. The number of carbonyl (C=O) groups is 1. The first kappa shape index (κ1) is 17.0. The van der Waals surface area contributed by atoms with Gasteiger partial charge in [-0.05, 0) is 36.4 Å². The number of para-hydroxylation sites is 2. The van der Waals surface area contributed by atoms with E-state index >= 15 is 0 Å². The molecule has 3 rings (SSSR count). The first-order valence-electron chi connectivity index (χ1n) is 7.94. The van der Waals surface area contributed by atoms with E-state index in [0.717, 1.165) is 0 Å². The van der Waals surface area contributed by atoms with Crippen molar-refractivity contribution in [1.82, 2.24) is 4.98 Å². The summed E-state index contributed by atoms with van der Waals surface area (Å²) < 4.78 is 5.39. The standard InChI is InChI=1S/C20H16N4O2/c21-12-15-6-4-5-9-18(15)23-16-10-11-19(22-13-16)24-20(25)14-26-17-7-2-1-3-8-17/h1-11,13,23H,14H2,(H,22,24,25). The van der Waals surface area contributed by atoms with E-state index in [1.165, 1.54) is 0 Å². The van der Waals surface area contributed by atoms with Crippen LogP contribution in [0, 0.1) is 11.3 Å². The summed E-state index contributed by atoms with van der Waals surface area (Å²) in [5, 5.41) is 14.9. The summed E-state index contributed by atoms with van der Waals surface area (Å²) in [4.78, 5) is 16.1. The molecule has 2 N–H and O–H groups in total. The highest BCUT2D eigenvalue weighted by Gasteiger charge is 2.06. The van der Waals surface area contributed by atoms with E-state index in [4.69, 9.17) is 10.00 Å². The van der Waals surface area contributed by atoms with E-state index in [-0.39, 0.29) is 12.5 Å². The van der Waals surface area contributed by atoms with Gasteiger partial charge in [0, 0.05) is 0 Å². The van der Waals surface area contributed by atoms with Crippen molar-refractivity contribution in [3.8, 4) is 11.8 Å². The molecule has 6 nitrogen and oxygen atoms in total. The third-order valence-corrected chi connectivity index (χ3v) is 3.47. The Kier molecular flexibility index (Phi) is 5.43. The molecule has 0 saturated carbocycles. The molecule has 0 aliphatic carbocycles. The van der Waals surface area contributed by atoms with E-state index in [1.54, 1.807) is 42.6 Å². The molecule has 0 aliphatic heterocycles. The van der Waals surface area contributed by atoms with E-state index in [9.17, 15) is 4.79 Å². The maximum absolute atomic E-state index is 11.9. The van der Waals surface area contributed by atoms with Crippen LogP contribution >= 0.6 is 0 Å². The van der Waals surface area contributed by atoms with E-state index < -0.39 is 0 Å². The summed E-state index contributed by atoms with van der Waals surface area (Å²) in [6, 6.07) is 21.9. The molecule has 0 spiro atoms. The Labute approximate surface area is 151 Å². The molecule has 6 heteroatoms. The average Bonchev–Trinajstić information content (AvgIpc) is 2.69. The maximum atomic E-state index is 11.9. The number of aromatic nitrogens is 1. The molecule has 1 heterocycles. The first-order valence-corrected chi connectivity index (χ1v) is 7.94. The summed E-state index contributed by atoms with van der Waals surface area (Å²) in [7, 11) is 0. The van der Waals surface area contributed by atoms with E-state index in [2.05, 4.69) is 21.7 Å². The number of benzene rings is 2. The molecule has 1 amide bonds. The molecule has 0 radical (unpaired) electrons. The van der Waals surface area contributed by atoms with Crippen LogP contribution < -0.4 is 15.4 Å². The predicted octanol–water partition coefficient (Wildman–Crippen LogP) is 3.71. The van der Waals surface area contributed by atoms with Crippen molar-refractivity contribution < 1.29 is 9.53 Å². The highest BCUT2D eigenvalue weighted by atomic mass is 16.5. The molecule has 26 heavy (non-hydrogen) atoms. The number of carbonyl (C=O) groups excluding carboxylic acids is 1. The Balaban J connectivity index is 1.56. The predicted molar refractivity (Wildman–Crippen MR) is 99.2 cm³/mol. The molecule has 3 aromatic rings. The van der Waals surface area contributed by atoms with Gasteiger partial charge in [0.05, 0.1) is 23.1 Å². The Morgan fingerprint density at radius 3 is 2.54 bits per heavy atom. The third kappa shape index (κ3) is 4.58. The summed E-state index contributed by atoms with van der Waals surface area (Å²) in [6.45, 7) is -0.0960. The smallest absolute Gasteiger partial charge is 0.263 e. The van der Waals surface area contributed by atoms with Crippen molar-refractivity contribution in [2.45, 2.75) is 0 Å². The Morgan fingerprint density at radius 2 is 1.81 bits per heavy atom. The SMILES string of the molecule is N#Cc1ccccc1Nc1ccc(NC(=O)COc2ccccc2)nc1. The molecule has 128 valence electrons. The van der Waals surface area contributed by atoms with Crippen LogP contribution in [0.25, 0.3) is 0 Å². The van der Waals surface area contributed by atoms with Gasteiger partial charge in [0.2, 0.25) is 0 Å². The second kappa shape index (κ2) is 8.31. The van der Waals surface area contributed by atoms with Gasteiger partial charge in [-0.15, -0.1) is 0 Å². The van der Waals surface area contributed by atoms with Gasteiger partial charge < -0.3 is 15.4 Å². The number of ether oxygens (including phenoxy) is 1. The van der Waals surface area contributed by atoms with Gasteiger partial charge in [-0.2, -0.15) is 5.26 Å². The number of anilines is 3. The summed E-state index contributed by atoms with van der Waals surface area (Å²) >= 11 is 0. The Hall–Kier alpha value is -3.85. The van der Waals surface area contributed by atoms with Crippen LogP contribution in [0.4, 0.5) is 17.2 Å². The van der Waals surface area contributed by atoms with Crippen molar-refractivity contribution in [2.75, 3.05) is 17.2 Å². The van der Waals surface area contributed by atoms with Crippen LogP contribution in [0.2, 0.25) is 0 Å². The fourth-order valence-electron chi connectivity index (χ4n) is 2.23. The Morgan fingerprint density at radius 1 is 1.04 bits per heavy atom. The number of hydrogen-bond acceptors (Lipinski definition) is 5. The number of nitrogens with zero attached hydrogens (tertiary/aromatic N) is 2. The fourth-order valence-corrected chi connectivity index (χ4v) is 2.23. The van der Waals surface area contributed by atoms with Gasteiger partial charge in [-0.25, -0.2) is 4.98 Å². The quantitative estimate of drug-likeness (QED) is 0.712. The number of hydrogen-bond donors (Lipinski definition) is 2. The maximum Gasteiger partial charge on any atom is 0.263 e. The molecular weight excluding hydrogens is 328 g/mol. The Bertz CT molecular complexity index is 919. The van der Waals surface area contributed by atoms with Crippen LogP contribution in [0.15, 0.2) is 72.9 Å². The molecule has 0 saturated heterocycles. The zero-order valence-corrected chi connectivity index (χ0v) is 13.8. The summed E-state index contributed by atoms with van der Waals surface area (Å²) in [6.07, 6.45) is 1.59. The second-order valence-corrected chi connectivity index (χ2v) is 5.36. The van der Waals surface area contributed by atoms with Gasteiger partial charge in [-0.1, -0.05) is 30.3 Å². The lowest BCUT2D eigenvalue weighted by atomic mass is 10.2. The minimum Gasteiger partial charge on any atom is -0.484 e. The first-order chi connectivity index (χ1) is 12.7. The normalized spacial score (nSPS) is 9.81. The lowest BCUT2D eigenvalue weighted by Crippen LogP contribution is -2.20. The van der Waals surface area contributed by atoms with Crippen LogP contribution in [0.5, 0.6) is 5.75 Å². The number of rotatable bonds is 6. The van der Waals surface area contributed by atoms with Crippen LogP contribution in [-0.4, -0.2) is 17.5 Å². The van der Waals surface area contributed by atoms with Crippen molar-refractivity contribution in [1.29, 1.82) is 5.26 Å². The van der Waals surface area contributed by atoms with Gasteiger partial charge in [0.25, 0.3) is 5.91 Å². The van der Waals surface area contributed by atoms with E-state index in [1.807, 2.05) is 30.3 Å². The van der Waals surface area contributed by atoms with Crippen LogP contribution in [0.3, 0.4) is 0 Å². The van der Waals surface area contributed by atoms with Crippen LogP contribution in [0.1, 0.15) is 5.56 Å². The second-order valence-electron chi connectivity index (χ2n) is 5.36. The molecule has 0 bridgehead atoms.